The van der Waals surface area contributed by atoms with Crippen LogP contribution in [0.3, 0.4) is 0 Å². The second kappa shape index (κ2) is 15.2. The zero-order valence-electron chi connectivity index (χ0n) is 19.4. The van der Waals surface area contributed by atoms with Gasteiger partial charge in [0, 0.05) is 20.2 Å². The third kappa shape index (κ3) is 8.46. The van der Waals surface area contributed by atoms with Crippen LogP contribution in [0.2, 0.25) is 0 Å². The van der Waals surface area contributed by atoms with E-state index in [1.807, 2.05) is 19.1 Å². The van der Waals surface area contributed by atoms with E-state index in [1.54, 1.807) is 0 Å². The van der Waals surface area contributed by atoms with Crippen molar-refractivity contribution in [3.8, 4) is 5.75 Å². The predicted octanol–water partition coefficient (Wildman–Crippen LogP) is 4.90. The number of nitrogens with zero attached hydrogens (tertiary/aromatic N) is 1. The number of aliphatic hydroxyl groups is 2. The third-order valence-electron chi connectivity index (χ3n) is 5.47. The van der Waals surface area contributed by atoms with Crippen LogP contribution in [0.4, 0.5) is 0 Å². The van der Waals surface area contributed by atoms with E-state index in [0.29, 0.717) is 19.1 Å². The van der Waals surface area contributed by atoms with Crippen molar-refractivity contribution in [2.45, 2.75) is 32.2 Å². The smallest absolute Gasteiger partial charge is 0.122 e. The molecule has 2 N–H and O–H groups in total. The molecule has 172 valence electrons. The van der Waals surface area contributed by atoms with Gasteiger partial charge in [0.25, 0.3) is 0 Å². The van der Waals surface area contributed by atoms with Gasteiger partial charge < -0.3 is 14.9 Å². The molecule has 0 aromatic heterocycles. The Labute approximate surface area is 193 Å². The summed E-state index contributed by atoms with van der Waals surface area (Å²) in [6.07, 6.45) is 1.97. The summed E-state index contributed by atoms with van der Waals surface area (Å²) in [5.41, 5.74) is 3.89. The van der Waals surface area contributed by atoms with Gasteiger partial charge >= 0.3 is 0 Å². The van der Waals surface area contributed by atoms with Crippen LogP contribution in [0.5, 0.6) is 5.75 Å². The van der Waals surface area contributed by atoms with Crippen molar-refractivity contribution in [2.24, 2.45) is 0 Å². The highest BCUT2D eigenvalue weighted by Gasteiger charge is 2.17. The van der Waals surface area contributed by atoms with E-state index in [4.69, 9.17) is 9.84 Å². The van der Waals surface area contributed by atoms with Crippen molar-refractivity contribution in [2.75, 3.05) is 33.4 Å². The Morgan fingerprint density at radius 2 is 1.44 bits per heavy atom. The van der Waals surface area contributed by atoms with Crippen LogP contribution in [-0.2, 0) is 13.0 Å². The lowest BCUT2D eigenvalue weighted by Gasteiger charge is -2.25. The lowest BCUT2D eigenvalue weighted by molar-refractivity contribution is 0.185. The molecule has 32 heavy (non-hydrogen) atoms. The van der Waals surface area contributed by atoms with E-state index >= 15 is 0 Å². The Bertz CT molecular complexity index is 855. The molecule has 3 rings (SSSR count). The third-order valence-corrected chi connectivity index (χ3v) is 5.47. The van der Waals surface area contributed by atoms with Crippen LogP contribution in [-0.4, -0.2) is 48.5 Å². The fourth-order valence-electron chi connectivity index (χ4n) is 3.94. The van der Waals surface area contributed by atoms with Crippen LogP contribution < -0.4 is 4.74 Å². The second-order valence-corrected chi connectivity index (χ2v) is 7.63. The summed E-state index contributed by atoms with van der Waals surface area (Å²) < 4.78 is 5.87. The zero-order chi connectivity index (χ0) is 23.0. The Hall–Kier alpha value is -2.66. The van der Waals surface area contributed by atoms with Crippen molar-refractivity contribution in [3.63, 3.8) is 0 Å². The highest BCUT2D eigenvalue weighted by atomic mass is 16.5. The topological polar surface area (TPSA) is 52.9 Å². The number of benzene rings is 3. The van der Waals surface area contributed by atoms with Crippen LogP contribution in [0.1, 0.15) is 36.0 Å². The standard InChI is InChI=1S/C27H33NO2.CH4O/c1-2-30-27-16-10-9-15-26(27)21-25(24-13-7-4-8-14-24)17-18-28(19-20-29)22-23-11-5-3-6-12-23;1-2/h3-16,25,29H,2,17-22H2,1H3;2H,1H3/t25-;/m0./s1. The number of para-hydroxylation sites is 1. The van der Waals surface area contributed by atoms with Crippen LogP contribution >= 0.6 is 0 Å². The van der Waals surface area contributed by atoms with Gasteiger partial charge in [-0.15, -0.1) is 0 Å². The summed E-state index contributed by atoms with van der Waals surface area (Å²) in [7, 11) is 1.00. The first-order valence-electron chi connectivity index (χ1n) is 11.4. The minimum Gasteiger partial charge on any atom is -0.494 e. The maximum absolute atomic E-state index is 9.57. The lowest BCUT2D eigenvalue weighted by atomic mass is 9.88. The van der Waals surface area contributed by atoms with Gasteiger partial charge in [-0.25, -0.2) is 0 Å². The average molecular weight is 436 g/mol. The molecule has 0 radical (unpaired) electrons. The summed E-state index contributed by atoms with van der Waals surface area (Å²) >= 11 is 0. The molecular weight excluding hydrogens is 398 g/mol. The summed E-state index contributed by atoms with van der Waals surface area (Å²) in [4.78, 5) is 2.35. The summed E-state index contributed by atoms with van der Waals surface area (Å²) in [5.74, 6) is 1.38. The van der Waals surface area contributed by atoms with Crippen molar-refractivity contribution < 1.29 is 14.9 Å². The van der Waals surface area contributed by atoms with Crippen molar-refractivity contribution in [1.29, 1.82) is 0 Å². The summed E-state index contributed by atoms with van der Waals surface area (Å²) in [6.45, 7) is 5.36. The lowest BCUT2D eigenvalue weighted by Crippen LogP contribution is -2.29. The first kappa shape index (κ1) is 25.6. The first-order chi connectivity index (χ1) is 15.8. The number of rotatable bonds is 12. The summed E-state index contributed by atoms with van der Waals surface area (Å²) in [5, 5.41) is 16.6. The molecule has 0 saturated heterocycles. The molecule has 3 aromatic carbocycles. The molecule has 0 bridgehead atoms. The molecule has 0 amide bonds. The molecule has 0 aliphatic heterocycles. The maximum Gasteiger partial charge on any atom is 0.122 e. The van der Waals surface area contributed by atoms with Gasteiger partial charge in [0.15, 0.2) is 0 Å². The maximum atomic E-state index is 9.57. The fraction of sp³-hybridized carbons (Fsp3) is 0.357. The van der Waals surface area contributed by atoms with Crippen LogP contribution in [0.25, 0.3) is 0 Å². The van der Waals surface area contributed by atoms with Crippen molar-refractivity contribution in [1.82, 2.24) is 4.90 Å². The SMILES string of the molecule is CCOc1ccccc1C[C@H](CCN(CCO)Cc1ccccc1)c1ccccc1.CO. The minimum absolute atomic E-state index is 0.177. The van der Waals surface area contributed by atoms with Crippen LogP contribution in [0, 0.1) is 0 Å². The van der Waals surface area contributed by atoms with E-state index in [-0.39, 0.29) is 6.61 Å². The van der Waals surface area contributed by atoms with E-state index in [0.717, 1.165) is 38.8 Å². The number of hydrogen-bond donors (Lipinski definition) is 2. The van der Waals surface area contributed by atoms with Gasteiger partial charge in [0.05, 0.1) is 13.2 Å². The van der Waals surface area contributed by atoms with Gasteiger partial charge in [-0.3, -0.25) is 4.90 Å². The number of aliphatic hydroxyl groups excluding tert-OH is 2. The average Bonchev–Trinajstić information content (AvgIpc) is 2.85. The van der Waals surface area contributed by atoms with Gasteiger partial charge in [-0.05, 0) is 55.0 Å². The number of ether oxygens (including phenoxy) is 1. The molecule has 0 aliphatic rings. The zero-order valence-corrected chi connectivity index (χ0v) is 19.4. The van der Waals surface area contributed by atoms with E-state index in [9.17, 15) is 5.11 Å². The largest absolute Gasteiger partial charge is 0.494 e. The van der Waals surface area contributed by atoms with E-state index in [1.165, 1.54) is 16.7 Å². The van der Waals surface area contributed by atoms with Gasteiger partial charge in [-0.1, -0.05) is 78.9 Å². The van der Waals surface area contributed by atoms with Gasteiger partial charge in [-0.2, -0.15) is 0 Å². The predicted molar refractivity (Wildman–Crippen MR) is 132 cm³/mol. The molecule has 0 aliphatic carbocycles. The molecule has 0 heterocycles. The second-order valence-electron chi connectivity index (χ2n) is 7.63. The summed E-state index contributed by atoms with van der Waals surface area (Å²) in [6, 6.07) is 29.6. The van der Waals surface area contributed by atoms with Crippen molar-refractivity contribution in [3.05, 3.63) is 102 Å². The Balaban J connectivity index is 0.00000176. The Morgan fingerprint density at radius 1 is 0.812 bits per heavy atom. The molecule has 4 nitrogen and oxygen atoms in total. The normalized spacial score (nSPS) is 11.5. The molecule has 0 fully saturated rings. The molecule has 0 saturated carbocycles. The minimum atomic E-state index is 0.177. The van der Waals surface area contributed by atoms with Gasteiger partial charge in [0.1, 0.15) is 5.75 Å². The molecule has 0 unspecified atom stereocenters. The number of hydrogen-bond acceptors (Lipinski definition) is 4. The molecule has 4 heteroatoms. The monoisotopic (exact) mass is 435 g/mol. The van der Waals surface area contributed by atoms with Gasteiger partial charge in [0.2, 0.25) is 0 Å². The van der Waals surface area contributed by atoms with Crippen LogP contribution in [0.15, 0.2) is 84.9 Å². The fourth-order valence-corrected chi connectivity index (χ4v) is 3.94. The van der Waals surface area contributed by atoms with E-state index in [2.05, 4.69) is 77.7 Å². The first-order valence-corrected chi connectivity index (χ1v) is 11.4. The van der Waals surface area contributed by atoms with Crippen molar-refractivity contribution >= 4 is 0 Å². The molecule has 0 spiro atoms. The highest BCUT2D eigenvalue weighted by Crippen LogP contribution is 2.29. The molecule has 3 aromatic rings. The Morgan fingerprint density at radius 3 is 2.09 bits per heavy atom. The molecular formula is C28H37NO3. The quantitative estimate of drug-likeness (QED) is 0.425. The molecule has 1 atom stereocenters. The Kier molecular flexibility index (Phi) is 12.2. The highest BCUT2D eigenvalue weighted by molar-refractivity contribution is 5.35. The van der Waals surface area contributed by atoms with E-state index < -0.39 is 0 Å².